The number of furan rings is 1. The van der Waals surface area contributed by atoms with E-state index < -0.39 is 10.0 Å². The van der Waals surface area contributed by atoms with E-state index in [2.05, 4.69) is 15.0 Å². The molecule has 27 heavy (non-hydrogen) atoms. The van der Waals surface area contributed by atoms with Gasteiger partial charge in [-0.05, 0) is 26.0 Å². The minimum Gasteiger partial charge on any atom is -0.459 e. The van der Waals surface area contributed by atoms with Crippen LogP contribution in [0.1, 0.15) is 24.4 Å². The summed E-state index contributed by atoms with van der Waals surface area (Å²) in [6.45, 7) is 6.16. The van der Waals surface area contributed by atoms with Gasteiger partial charge in [0, 0.05) is 45.8 Å². The van der Waals surface area contributed by atoms with Crippen molar-refractivity contribution < 1.29 is 17.6 Å². The molecule has 1 saturated heterocycles. The van der Waals surface area contributed by atoms with Crippen molar-refractivity contribution in [3.05, 3.63) is 24.2 Å². The number of aliphatic imine (C=N–C) groups is 1. The lowest BCUT2D eigenvalue weighted by Crippen LogP contribution is -2.54. The number of hydrogen-bond donors (Lipinski definition) is 2. The van der Waals surface area contributed by atoms with Crippen LogP contribution in [0.4, 0.5) is 0 Å². The molecule has 2 heterocycles. The predicted molar refractivity (Wildman–Crippen MR) is 115 cm³/mol. The quantitative estimate of drug-likeness (QED) is 0.327. The van der Waals surface area contributed by atoms with Crippen molar-refractivity contribution in [3.63, 3.8) is 0 Å². The standard InChI is InChI=1S/C16H27N5O4S.HI/c1-13(2)19-26(23,24)12-6-18-16(17-3)21-9-7-20(8-10-21)15(22)14-5-4-11-25-14;/h4-5,11,13,19H,6-10,12H2,1-3H3,(H,17,18);1H. The largest absolute Gasteiger partial charge is 0.459 e. The Hall–Kier alpha value is -1.34. The third-order valence-electron chi connectivity index (χ3n) is 3.88. The first-order valence-electron chi connectivity index (χ1n) is 8.61. The molecule has 2 rings (SSSR count). The molecule has 9 nitrogen and oxygen atoms in total. The molecular formula is C16H28IN5O4S. The zero-order valence-electron chi connectivity index (χ0n) is 15.8. The van der Waals surface area contributed by atoms with Crippen molar-refractivity contribution in [2.75, 3.05) is 45.5 Å². The third-order valence-corrected chi connectivity index (χ3v) is 5.45. The summed E-state index contributed by atoms with van der Waals surface area (Å²) in [5, 5.41) is 3.07. The first kappa shape index (κ1) is 23.7. The van der Waals surface area contributed by atoms with E-state index in [0.29, 0.717) is 37.9 Å². The van der Waals surface area contributed by atoms with Gasteiger partial charge in [0.15, 0.2) is 11.7 Å². The first-order valence-corrected chi connectivity index (χ1v) is 10.3. The van der Waals surface area contributed by atoms with Gasteiger partial charge in [-0.15, -0.1) is 24.0 Å². The molecule has 1 aliphatic rings. The highest BCUT2D eigenvalue weighted by Gasteiger charge is 2.25. The fourth-order valence-electron chi connectivity index (χ4n) is 2.72. The zero-order chi connectivity index (χ0) is 19.2. The summed E-state index contributed by atoms with van der Waals surface area (Å²) in [6, 6.07) is 3.22. The van der Waals surface area contributed by atoms with E-state index >= 15 is 0 Å². The summed E-state index contributed by atoms with van der Waals surface area (Å²) in [5.41, 5.74) is 0. The SMILES string of the molecule is CN=C(NCCS(=O)(=O)NC(C)C)N1CCN(C(=O)c2ccco2)CC1.I. The number of nitrogens with zero attached hydrogens (tertiary/aromatic N) is 3. The van der Waals surface area contributed by atoms with E-state index in [0.717, 1.165) is 0 Å². The van der Waals surface area contributed by atoms with E-state index in [1.807, 2.05) is 4.90 Å². The normalized spacial score (nSPS) is 15.6. The van der Waals surface area contributed by atoms with E-state index in [9.17, 15) is 13.2 Å². The molecule has 0 radical (unpaired) electrons. The number of nitrogens with one attached hydrogen (secondary N) is 2. The fraction of sp³-hybridized carbons (Fsp3) is 0.625. The molecule has 0 spiro atoms. The van der Waals surface area contributed by atoms with Gasteiger partial charge in [-0.2, -0.15) is 0 Å². The van der Waals surface area contributed by atoms with Gasteiger partial charge in [-0.3, -0.25) is 9.79 Å². The van der Waals surface area contributed by atoms with Crippen LogP contribution >= 0.6 is 24.0 Å². The molecule has 1 amide bonds. The second kappa shape index (κ2) is 10.9. The maximum absolute atomic E-state index is 12.3. The van der Waals surface area contributed by atoms with Gasteiger partial charge in [0.05, 0.1) is 12.0 Å². The van der Waals surface area contributed by atoms with Crippen LogP contribution in [0.5, 0.6) is 0 Å². The van der Waals surface area contributed by atoms with Gasteiger partial charge in [-0.1, -0.05) is 0 Å². The van der Waals surface area contributed by atoms with E-state index in [1.54, 1.807) is 37.9 Å². The van der Waals surface area contributed by atoms with Crippen LogP contribution < -0.4 is 10.0 Å². The lowest BCUT2D eigenvalue weighted by atomic mass is 10.3. The van der Waals surface area contributed by atoms with Crippen LogP contribution in [0.2, 0.25) is 0 Å². The third kappa shape index (κ3) is 7.30. The molecule has 1 fully saturated rings. The molecule has 154 valence electrons. The molecule has 1 aliphatic heterocycles. The minimum absolute atomic E-state index is 0. The number of amides is 1. The number of guanidine groups is 1. The van der Waals surface area contributed by atoms with Gasteiger partial charge in [-0.25, -0.2) is 13.1 Å². The monoisotopic (exact) mass is 513 g/mol. The number of carbonyl (C=O) groups excluding carboxylic acids is 1. The highest BCUT2D eigenvalue weighted by molar-refractivity contribution is 14.0. The second-order valence-corrected chi connectivity index (χ2v) is 8.20. The van der Waals surface area contributed by atoms with Crippen LogP contribution in [0.15, 0.2) is 27.8 Å². The minimum atomic E-state index is -3.31. The number of sulfonamides is 1. The molecule has 0 aliphatic carbocycles. The Bertz CT molecular complexity index is 713. The predicted octanol–water partition coefficient (Wildman–Crippen LogP) is 0.559. The Labute approximate surface area is 177 Å². The molecule has 0 saturated carbocycles. The van der Waals surface area contributed by atoms with Gasteiger partial charge in [0.2, 0.25) is 10.0 Å². The van der Waals surface area contributed by atoms with Crippen molar-refractivity contribution >= 4 is 45.9 Å². The van der Waals surface area contributed by atoms with E-state index in [1.165, 1.54) is 6.26 Å². The summed E-state index contributed by atoms with van der Waals surface area (Å²) >= 11 is 0. The summed E-state index contributed by atoms with van der Waals surface area (Å²) in [4.78, 5) is 20.2. The molecule has 1 aromatic rings. The number of hydrogen-bond acceptors (Lipinski definition) is 5. The average Bonchev–Trinajstić information content (AvgIpc) is 3.12. The highest BCUT2D eigenvalue weighted by atomic mass is 127. The van der Waals surface area contributed by atoms with Gasteiger partial charge >= 0.3 is 0 Å². The molecule has 0 aromatic carbocycles. The van der Waals surface area contributed by atoms with E-state index in [4.69, 9.17) is 4.42 Å². The number of rotatable bonds is 6. The number of piperazine rings is 1. The summed E-state index contributed by atoms with van der Waals surface area (Å²) in [7, 11) is -1.65. The first-order chi connectivity index (χ1) is 12.3. The Morgan fingerprint density at radius 3 is 2.41 bits per heavy atom. The van der Waals surface area contributed by atoms with E-state index in [-0.39, 0.29) is 48.2 Å². The maximum atomic E-state index is 12.3. The Kier molecular flexibility index (Phi) is 9.53. The summed E-state index contributed by atoms with van der Waals surface area (Å²) in [6.07, 6.45) is 1.48. The molecular weight excluding hydrogens is 485 g/mol. The molecule has 1 aromatic heterocycles. The maximum Gasteiger partial charge on any atom is 0.289 e. The Balaban J connectivity index is 0.00000364. The molecule has 0 atom stereocenters. The van der Waals surface area contributed by atoms with Crippen molar-refractivity contribution in [1.82, 2.24) is 19.8 Å². The van der Waals surface area contributed by atoms with Gasteiger partial charge < -0.3 is 19.5 Å². The second-order valence-electron chi connectivity index (χ2n) is 6.32. The van der Waals surface area contributed by atoms with Gasteiger partial charge in [0.1, 0.15) is 0 Å². The van der Waals surface area contributed by atoms with Crippen LogP contribution in [0.25, 0.3) is 0 Å². The van der Waals surface area contributed by atoms with Crippen LogP contribution in [-0.2, 0) is 10.0 Å². The summed E-state index contributed by atoms with van der Waals surface area (Å²) < 4.78 is 31.4. The molecule has 2 N–H and O–H groups in total. The summed E-state index contributed by atoms with van der Waals surface area (Å²) in [5.74, 6) is 0.823. The Morgan fingerprint density at radius 1 is 1.26 bits per heavy atom. The van der Waals surface area contributed by atoms with Crippen molar-refractivity contribution in [2.45, 2.75) is 19.9 Å². The smallest absolute Gasteiger partial charge is 0.289 e. The lowest BCUT2D eigenvalue weighted by molar-refractivity contribution is 0.0658. The molecule has 11 heteroatoms. The average molecular weight is 513 g/mol. The number of halogens is 1. The topological polar surface area (TPSA) is 107 Å². The van der Waals surface area contributed by atoms with Crippen LogP contribution in [-0.4, -0.2) is 81.7 Å². The lowest BCUT2D eigenvalue weighted by Gasteiger charge is -2.36. The molecule has 0 bridgehead atoms. The van der Waals surface area contributed by atoms with Crippen LogP contribution in [0.3, 0.4) is 0 Å². The molecule has 0 unspecified atom stereocenters. The zero-order valence-corrected chi connectivity index (χ0v) is 19.0. The van der Waals surface area contributed by atoms with Crippen LogP contribution in [0, 0.1) is 0 Å². The fourth-order valence-corrected chi connectivity index (χ4v) is 3.93. The highest BCUT2D eigenvalue weighted by Crippen LogP contribution is 2.09. The van der Waals surface area contributed by atoms with Crippen molar-refractivity contribution in [1.29, 1.82) is 0 Å². The number of carbonyl (C=O) groups is 1. The van der Waals surface area contributed by atoms with Crippen molar-refractivity contribution in [2.24, 2.45) is 4.99 Å². The van der Waals surface area contributed by atoms with Gasteiger partial charge in [0.25, 0.3) is 5.91 Å². The van der Waals surface area contributed by atoms with Crippen molar-refractivity contribution in [3.8, 4) is 0 Å². The Morgan fingerprint density at radius 2 is 1.89 bits per heavy atom.